The number of hydrogen-bond acceptors (Lipinski definition) is 3. The van der Waals surface area contributed by atoms with Crippen LogP contribution in [-0.4, -0.2) is 61.2 Å². The Bertz CT molecular complexity index is 257. The lowest BCUT2D eigenvalue weighted by atomic mass is 10.0. The van der Waals surface area contributed by atoms with Crippen molar-refractivity contribution in [3.8, 4) is 0 Å². The van der Waals surface area contributed by atoms with E-state index < -0.39 is 0 Å². The predicted molar refractivity (Wildman–Crippen MR) is 87.3 cm³/mol. The number of hydrogen-bond donors (Lipinski definition) is 1. The Hall–Kier alpha value is -0.120. The molecular weight excluding hydrogens is 246 g/mol. The van der Waals surface area contributed by atoms with Crippen LogP contribution < -0.4 is 5.32 Å². The van der Waals surface area contributed by atoms with E-state index in [1.165, 1.54) is 84.2 Å². The van der Waals surface area contributed by atoms with E-state index in [-0.39, 0.29) is 0 Å². The predicted octanol–water partition coefficient (Wildman–Crippen LogP) is 2.71. The standard InChI is InChI=1S/C17H35N3/c1-3-10-18-17-9-6-11-19(15-17)12-7-14-20-13-5-4-8-16(20)2/h16-18H,3-15H2,1-2H3. The van der Waals surface area contributed by atoms with Crippen molar-refractivity contribution in [2.75, 3.05) is 39.3 Å². The molecule has 2 unspecified atom stereocenters. The van der Waals surface area contributed by atoms with Gasteiger partial charge in [-0.2, -0.15) is 0 Å². The highest BCUT2D eigenvalue weighted by Crippen LogP contribution is 2.17. The van der Waals surface area contributed by atoms with Crippen LogP contribution in [0, 0.1) is 0 Å². The first kappa shape index (κ1) is 16.3. The number of rotatable bonds is 7. The Balaban J connectivity index is 1.60. The molecule has 0 spiro atoms. The fourth-order valence-corrected chi connectivity index (χ4v) is 3.76. The molecule has 0 amide bonds. The van der Waals surface area contributed by atoms with Crippen LogP contribution in [0.5, 0.6) is 0 Å². The van der Waals surface area contributed by atoms with Gasteiger partial charge in [-0.15, -0.1) is 0 Å². The monoisotopic (exact) mass is 281 g/mol. The maximum Gasteiger partial charge on any atom is 0.0195 e. The van der Waals surface area contributed by atoms with E-state index in [1.54, 1.807) is 0 Å². The fraction of sp³-hybridized carbons (Fsp3) is 1.00. The number of piperidine rings is 2. The summed E-state index contributed by atoms with van der Waals surface area (Å²) in [5.74, 6) is 0. The zero-order chi connectivity index (χ0) is 14.2. The Morgan fingerprint density at radius 1 is 1.05 bits per heavy atom. The Kier molecular flexibility index (Phi) is 7.32. The molecule has 2 fully saturated rings. The van der Waals surface area contributed by atoms with Crippen LogP contribution in [0.2, 0.25) is 0 Å². The van der Waals surface area contributed by atoms with Crippen molar-refractivity contribution >= 4 is 0 Å². The fourth-order valence-electron chi connectivity index (χ4n) is 3.76. The normalized spacial score (nSPS) is 29.7. The zero-order valence-electron chi connectivity index (χ0n) is 13.7. The number of nitrogens with zero attached hydrogens (tertiary/aromatic N) is 2. The van der Waals surface area contributed by atoms with Crippen molar-refractivity contribution in [2.45, 2.75) is 70.9 Å². The van der Waals surface area contributed by atoms with E-state index in [2.05, 4.69) is 29.0 Å². The second kappa shape index (κ2) is 9.01. The number of likely N-dealkylation sites (tertiary alicyclic amines) is 2. The van der Waals surface area contributed by atoms with Crippen molar-refractivity contribution in [2.24, 2.45) is 0 Å². The van der Waals surface area contributed by atoms with Gasteiger partial charge in [-0.3, -0.25) is 0 Å². The summed E-state index contributed by atoms with van der Waals surface area (Å²) in [4.78, 5) is 5.39. The van der Waals surface area contributed by atoms with E-state index >= 15 is 0 Å². The van der Waals surface area contributed by atoms with Crippen LogP contribution in [0.3, 0.4) is 0 Å². The van der Waals surface area contributed by atoms with Gasteiger partial charge in [0.2, 0.25) is 0 Å². The van der Waals surface area contributed by atoms with Gasteiger partial charge in [0.1, 0.15) is 0 Å². The Labute approximate surface area is 126 Å². The summed E-state index contributed by atoms with van der Waals surface area (Å²) in [5, 5.41) is 3.70. The minimum absolute atomic E-state index is 0.748. The highest BCUT2D eigenvalue weighted by atomic mass is 15.2. The molecule has 2 atom stereocenters. The topological polar surface area (TPSA) is 18.5 Å². The molecule has 1 N–H and O–H groups in total. The van der Waals surface area contributed by atoms with E-state index in [1.807, 2.05) is 0 Å². The van der Waals surface area contributed by atoms with E-state index in [0.717, 1.165) is 12.1 Å². The smallest absolute Gasteiger partial charge is 0.0195 e. The van der Waals surface area contributed by atoms with Crippen molar-refractivity contribution < 1.29 is 0 Å². The Morgan fingerprint density at radius 2 is 1.95 bits per heavy atom. The SMILES string of the molecule is CCCNC1CCCN(CCCN2CCCCC2C)C1. The van der Waals surface area contributed by atoms with Crippen molar-refractivity contribution in [3.05, 3.63) is 0 Å². The quantitative estimate of drug-likeness (QED) is 0.774. The third-order valence-corrected chi connectivity index (χ3v) is 5.05. The summed E-state index contributed by atoms with van der Waals surface area (Å²) in [5.41, 5.74) is 0. The minimum atomic E-state index is 0.748. The van der Waals surface area contributed by atoms with Crippen LogP contribution in [-0.2, 0) is 0 Å². The van der Waals surface area contributed by atoms with Gasteiger partial charge in [-0.25, -0.2) is 0 Å². The maximum absolute atomic E-state index is 3.70. The second-order valence-electron chi connectivity index (χ2n) is 6.83. The lowest BCUT2D eigenvalue weighted by Gasteiger charge is -2.36. The van der Waals surface area contributed by atoms with Gasteiger partial charge in [-0.05, 0) is 78.2 Å². The van der Waals surface area contributed by atoms with Gasteiger partial charge in [-0.1, -0.05) is 13.3 Å². The first-order valence-electron chi connectivity index (χ1n) is 8.99. The molecule has 20 heavy (non-hydrogen) atoms. The summed E-state index contributed by atoms with van der Waals surface area (Å²) >= 11 is 0. The highest BCUT2D eigenvalue weighted by molar-refractivity contribution is 4.79. The van der Waals surface area contributed by atoms with Gasteiger partial charge in [0, 0.05) is 18.6 Å². The minimum Gasteiger partial charge on any atom is -0.313 e. The average Bonchev–Trinajstić information content (AvgIpc) is 2.48. The molecule has 2 aliphatic heterocycles. The lowest BCUT2D eigenvalue weighted by Crippen LogP contribution is -2.46. The molecule has 2 rings (SSSR count). The van der Waals surface area contributed by atoms with Gasteiger partial charge >= 0.3 is 0 Å². The van der Waals surface area contributed by atoms with Crippen LogP contribution in [0.25, 0.3) is 0 Å². The molecule has 118 valence electrons. The van der Waals surface area contributed by atoms with E-state index in [0.29, 0.717) is 0 Å². The third-order valence-electron chi connectivity index (χ3n) is 5.05. The lowest BCUT2D eigenvalue weighted by molar-refractivity contribution is 0.138. The molecule has 0 aromatic heterocycles. The second-order valence-corrected chi connectivity index (χ2v) is 6.83. The van der Waals surface area contributed by atoms with Gasteiger partial charge in [0.25, 0.3) is 0 Å². The molecule has 3 heteroatoms. The van der Waals surface area contributed by atoms with E-state index in [9.17, 15) is 0 Å². The summed E-state index contributed by atoms with van der Waals surface area (Å²) in [7, 11) is 0. The van der Waals surface area contributed by atoms with Gasteiger partial charge in [0.05, 0.1) is 0 Å². The van der Waals surface area contributed by atoms with E-state index in [4.69, 9.17) is 0 Å². The van der Waals surface area contributed by atoms with Crippen LogP contribution >= 0.6 is 0 Å². The highest BCUT2D eigenvalue weighted by Gasteiger charge is 2.20. The molecule has 0 saturated carbocycles. The summed E-state index contributed by atoms with van der Waals surface area (Å²) in [6.07, 6.45) is 9.62. The molecular formula is C17H35N3. The largest absolute Gasteiger partial charge is 0.313 e. The molecule has 2 saturated heterocycles. The summed E-state index contributed by atoms with van der Waals surface area (Å²) < 4.78 is 0. The van der Waals surface area contributed by atoms with Gasteiger partial charge in [0.15, 0.2) is 0 Å². The average molecular weight is 281 g/mol. The maximum atomic E-state index is 3.70. The number of nitrogens with one attached hydrogen (secondary N) is 1. The third kappa shape index (κ3) is 5.34. The van der Waals surface area contributed by atoms with Crippen LogP contribution in [0.4, 0.5) is 0 Å². The van der Waals surface area contributed by atoms with Crippen molar-refractivity contribution in [3.63, 3.8) is 0 Å². The summed E-state index contributed by atoms with van der Waals surface area (Å²) in [6, 6.07) is 1.57. The first-order chi connectivity index (χ1) is 9.79. The molecule has 0 bridgehead atoms. The summed E-state index contributed by atoms with van der Waals surface area (Å²) in [6.45, 7) is 12.4. The zero-order valence-corrected chi connectivity index (χ0v) is 13.7. The van der Waals surface area contributed by atoms with Crippen LogP contribution in [0.1, 0.15) is 58.8 Å². The molecule has 3 nitrogen and oxygen atoms in total. The van der Waals surface area contributed by atoms with Crippen LogP contribution in [0.15, 0.2) is 0 Å². The molecule has 0 aromatic carbocycles. The molecule has 0 aromatic rings. The molecule has 0 radical (unpaired) electrons. The van der Waals surface area contributed by atoms with Crippen molar-refractivity contribution in [1.82, 2.24) is 15.1 Å². The van der Waals surface area contributed by atoms with Crippen molar-refractivity contribution in [1.29, 1.82) is 0 Å². The first-order valence-corrected chi connectivity index (χ1v) is 8.99. The Morgan fingerprint density at radius 3 is 2.75 bits per heavy atom. The molecule has 2 heterocycles. The molecule has 2 aliphatic rings. The molecule has 0 aliphatic carbocycles. The van der Waals surface area contributed by atoms with Gasteiger partial charge < -0.3 is 15.1 Å².